The number of carboxylic acids is 1. The minimum Gasteiger partial charge on any atom is -0.475 e. The first-order valence-electron chi connectivity index (χ1n) is 8.98. The van der Waals surface area contributed by atoms with Gasteiger partial charge in [0.25, 0.3) is 0 Å². The van der Waals surface area contributed by atoms with Gasteiger partial charge in [0.2, 0.25) is 5.91 Å². The summed E-state index contributed by atoms with van der Waals surface area (Å²) in [6.45, 7) is 8.28. The third-order valence-corrected chi connectivity index (χ3v) is 5.17. The zero-order chi connectivity index (χ0) is 20.9. The Morgan fingerprint density at radius 2 is 1.89 bits per heavy atom. The van der Waals surface area contributed by atoms with E-state index < -0.39 is 12.1 Å². The number of hydrogen-bond donors (Lipinski definition) is 1. The standard InChI is InChI=1S/C16H24N4O.C2HF3O2/c1-3-7-20-10-6-16(15(20)21)4-8-19(9-5-16)13-14-11-17-18(2)12-14;3-2(4,5)1(6)7/h3,11-12H,1,4-10,13H2,2H3;(H,6,7). The summed E-state index contributed by atoms with van der Waals surface area (Å²) in [7, 11) is 1.94. The van der Waals surface area contributed by atoms with Gasteiger partial charge < -0.3 is 10.0 Å². The fourth-order valence-corrected chi connectivity index (χ4v) is 3.64. The predicted molar refractivity (Wildman–Crippen MR) is 95.2 cm³/mol. The lowest BCUT2D eigenvalue weighted by Crippen LogP contribution is -2.44. The van der Waals surface area contributed by atoms with E-state index in [1.54, 1.807) is 0 Å². The number of carbonyl (C=O) groups excluding carboxylic acids is 1. The predicted octanol–water partition coefficient (Wildman–Crippen LogP) is 2.05. The number of nitrogens with zero attached hydrogens (tertiary/aromatic N) is 4. The number of carbonyl (C=O) groups is 2. The van der Waals surface area contributed by atoms with E-state index in [-0.39, 0.29) is 5.41 Å². The van der Waals surface area contributed by atoms with E-state index in [1.807, 2.05) is 28.9 Å². The number of hydrogen-bond acceptors (Lipinski definition) is 4. The van der Waals surface area contributed by atoms with Gasteiger partial charge in [-0.15, -0.1) is 6.58 Å². The van der Waals surface area contributed by atoms with E-state index in [1.165, 1.54) is 5.56 Å². The Kier molecular flexibility index (Phi) is 6.87. The fraction of sp³-hybridized carbons (Fsp3) is 0.611. The quantitative estimate of drug-likeness (QED) is 0.780. The molecule has 0 aromatic carbocycles. The van der Waals surface area contributed by atoms with Crippen LogP contribution >= 0.6 is 0 Å². The average molecular weight is 402 g/mol. The summed E-state index contributed by atoms with van der Waals surface area (Å²) in [6, 6.07) is 0. The topological polar surface area (TPSA) is 78.7 Å². The van der Waals surface area contributed by atoms with Crippen molar-refractivity contribution < 1.29 is 27.9 Å². The van der Waals surface area contributed by atoms with Gasteiger partial charge in [-0.1, -0.05) is 6.08 Å². The number of aryl methyl sites for hydroxylation is 1. The molecule has 0 atom stereocenters. The molecule has 0 aliphatic carbocycles. The van der Waals surface area contributed by atoms with Gasteiger partial charge in [-0.05, 0) is 32.4 Å². The van der Waals surface area contributed by atoms with E-state index in [9.17, 15) is 18.0 Å². The van der Waals surface area contributed by atoms with Gasteiger partial charge in [0, 0.05) is 38.4 Å². The van der Waals surface area contributed by atoms with Gasteiger partial charge in [-0.3, -0.25) is 14.4 Å². The maximum Gasteiger partial charge on any atom is 0.490 e. The van der Waals surface area contributed by atoms with Crippen LogP contribution in [0.5, 0.6) is 0 Å². The molecule has 3 rings (SSSR count). The van der Waals surface area contributed by atoms with Gasteiger partial charge in [0.15, 0.2) is 0 Å². The molecular weight excluding hydrogens is 377 g/mol. The summed E-state index contributed by atoms with van der Waals surface area (Å²) in [5, 5.41) is 11.3. The number of halogens is 3. The average Bonchev–Trinajstić information content (AvgIpc) is 3.16. The highest BCUT2D eigenvalue weighted by Gasteiger charge is 2.47. The van der Waals surface area contributed by atoms with Crippen molar-refractivity contribution in [3.8, 4) is 0 Å². The van der Waals surface area contributed by atoms with Crippen molar-refractivity contribution in [2.75, 3.05) is 26.2 Å². The molecule has 2 aliphatic rings. The number of carboxylic acid groups (broad SMARTS) is 1. The second kappa shape index (κ2) is 8.76. The van der Waals surface area contributed by atoms with Crippen LogP contribution in [0.3, 0.4) is 0 Å². The monoisotopic (exact) mass is 402 g/mol. The number of piperidine rings is 1. The zero-order valence-corrected chi connectivity index (χ0v) is 15.8. The molecule has 2 fully saturated rings. The third-order valence-electron chi connectivity index (χ3n) is 5.17. The summed E-state index contributed by atoms with van der Waals surface area (Å²) in [5.41, 5.74) is 1.16. The SMILES string of the molecule is C=CCN1CCC2(CCN(Cc3cnn(C)c3)CC2)C1=O.O=C(O)C(F)(F)F. The summed E-state index contributed by atoms with van der Waals surface area (Å²) < 4.78 is 33.6. The Bertz CT molecular complexity index is 709. The van der Waals surface area contributed by atoms with Crippen molar-refractivity contribution in [1.29, 1.82) is 0 Å². The first kappa shape index (κ1) is 21.9. The van der Waals surface area contributed by atoms with Gasteiger partial charge in [-0.25, -0.2) is 4.79 Å². The number of aromatic nitrogens is 2. The Morgan fingerprint density at radius 1 is 1.32 bits per heavy atom. The number of amides is 1. The summed E-state index contributed by atoms with van der Waals surface area (Å²) in [4.78, 5) is 25.9. The highest BCUT2D eigenvalue weighted by atomic mass is 19.4. The Balaban J connectivity index is 0.000000345. The molecule has 0 radical (unpaired) electrons. The van der Waals surface area contributed by atoms with Crippen LogP contribution in [0.1, 0.15) is 24.8 Å². The lowest BCUT2D eigenvalue weighted by atomic mass is 9.77. The molecule has 1 amide bonds. The van der Waals surface area contributed by atoms with E-state index in [0.717, 1.165) is 45.4 Å². The molecule has 1 spiro atoms. The molecule has 28 heavy (non-hydrogen) atoms. The molecule has 1 N–H and O–H groups in total. The minimum absolute atomic E-state index is 0.0888. The largest absolute Gasteiger partial charge is 0.490 e. The summed E-state index contributed by atoms with van der Waals surface area (Å²) >= 11 is 0. The Hall–Kier alpha value is -2.36. The molecule has 3 heterocycles. The molecule has 7 nitrogen and oxygen atoms in total. The number of likely N-dealkylation sites (tertiary alicyclic amines) is 2. The highest BCUT2D eigenvalue weighted by Crippen LogP contribution is 2.41. The molecule has 0 unspecified atom stereocenters. The van der Waals surface area contributed by atoms with Crippen LogP contribution in [0.4, 0.5) is 13.2 Å². The van der Waals surface area contributed by atoms with Crippen molar-refractivity contribution in [2.24, 2.45) is 12.5 Å². The summed E-state index contributed by atoms with van der Waals surface area (Å²) in [5.74, 6) is -2.41. The van der Waals surface area contributed by atoms with Gasteiger partial charge in [0.1, 0.15) is 0 Å². The Labute approximate surface area is 161 Å². The zero-order valence-electron chi connectivity index (χ0n) is 15.8. The minimum atomic E-state index is -5.08. The van der Waals surface area contributed by atoms with Crippen molar-refractivity contribution in [3.63, 3.8) is 0 Å². The van der Waals surface area contributed by atoms with Crippen LogP contribution in [0.25, 0.3) is 0 Å². The second-order valence-electron chi connectivity index (χ2n) is 7.17. The van der Waals surface area contributed by atoms with Crippen LogP contribution in [-0.4, -0.2) is 68.9 Å². The highest BCUT2D eigenvalue weighted by molar-refractivity contribution is 5.85. The first-order valence-corrected chi connectivity index (χ1v) is 8.98. The number of alkyl halides is 3. The second-order valence-corrected chi connectivity index (χ2v) is 7.17. The lowest BCUT2D eigenvalue weighted by molar-refractivity contribution is -0.192. The van der Waals surface area contributed by atoms with Gasteiger partial charge in [-0.2, -0.15) is 18.3 Å². The first-order chi connectivity index (χ1) is 13.1. The van der Waals surface area contributed by atoms with Crippen molar-refractivity contribution in [1.82, 2.24) is 19.6 Å². The Morgan fingerprint density at radius 3 is 2.36 bits per heavy atom. The van der Waals surface area contributed by atoms with Crippen LogP contribution < -0.4 is 0 Å². The van der Waals surface area contributed by atoms with E-state index in [0.29, 0.717) is 12.5 Å². The van der Waals surface area contributed by atoms with Gasteiger partial charge in [0.05, 0.1) is 11.6 Å². The number of rotatable bonds is 4. The van der Waals surface area contributed by atoms with Crippen LogP contribution in [-0.2, 0) is 23.2 Å². The molecule has 10 heteroatoms. The van der Waals surface area contributed by atoms with Crippen LogP contribution in [0.15, 0.2) is 25.0 Å². The van der Waals surface area contributed by atoms with Crippen molar-refractivity contribution in [2.45, 2.75) is 32.0 Å². The van der Waals surface area contributed by atoms with Crippen molar-refractivity contribution >= 4 is 11.9 Å². The molecule has 2 saturated heterocycles. The summed E-state index contributed by atoms with van der Waals surface area (Å²) in [6.07, 6.45) is 3.72. The maximum absolute atomic E-state index is 12.6. The molecule has 2 aliphatic heterocycles. The molecule has 1 aromatic heterocycles. The lowest BCUT2D eigenvalue weighted by Gasteiger charge is -2.37. The van der Waals surface area contributed by atoms with E-state index in [2.05, 4.69) is 22.8 Å². The van der Waals surface area contributed by atoms with E-state index in [4.69, 9.17) is 9.90 Å². The molecule has 0 saturated carbocycles. The normalized spacial score (nSPS) is 19.4. The number of aliphatic carboxylic acids is 1. The van der Waals surface area contributed by atoms with E-state index >= 15 is 0 Å². The van der Waals surface area contributed by atoms with Crippen LogP contribution in [0, 0.1) is 5.41 Å². The molecule has 156 valence electrons. The fourth-order valence-electron chi connectivity index (χ4n) is 3.64. The van der Waals surface area contributed by atoms with Crippen LogP contribution in [0.2, 0.25) is 0 Å². The molecule has 0 bridgehead atoms. The smallest absolute Gasteiger partial charge is 0.475 e. The third kappa shape index (κ3) is 5.34. The molecule has 1 aromatic rings. The van der Waals surface area contributed by atoms with Gasteiger partial charge >= 0.3 is 12.1 Å². The molecular formula is C18H25F3N4O3. The van der Waals surface area contributed by atoms with Crippen molar-refractivity contribution in [3.05, 3.63) is 30.6 Å². The maximum atomic E-state index is 12.6.